The van der Waals surface area contributed by atoms with Crippen molar-refractivity contribution in [1.82, 2.24) is 14.7 Å². The number of hydrogen-bond donors (Lipinski definition) is 0. The molecule has 0 bridgehead atoms. The summed E-state index contributed by atoms with van der Waals surface area (Å²) in [7, 11) is 3.22. The second kappa shape index (κ2) is 9.41. The minimum Gasteiger partial charge on any atom is -0.496 e. The predicted molar refractivity (Wildman–Crippen MR) is 129 cm³/mol. The Hall–Kier alpha value is -3.26. The molecule has 6 nitrogen and oxygen atoms in total. The average Bonchev–Trinajstić information content (AvgIpc) is 3.39. The second-order valence-electron chi connectivity index (χ2n) is 9.22. The van der Waals surface area contributed by atoms with Crippen LogP contribution < -0.4 is 4.74 Å². The van der Waals surface area contributed by atoms with Gasteiger partial charge in [-0.05, 0) is 63.3 Å². The first-order chi connectivity index (χ1) is 16.9. The number of fused-ring (bicyclic) bond motifs is 1. The first-order valence-electron chi connectivity index (χ1n) is 11.9. The fraction of sp³-hybridized carbons (Fsp3) is 0.407. The first-order valence-corrected chi connectivity index (χ1v) is 11.9. The zero-order valence-corrected chi connectivity index (χ0v) is 20.4. The number of imidazole rings is 1. The van der Waals surface area contributed by atoms with E-state index in [1.54, 1.807) is 7.11 Å². The quantitative estimate of drug-likeness (QED) is 0.323. The molecule has 8 heteroatoms. The van der Waals surface area contributed by atoms with Crippen molar-refractivity contribution in [2.24, 2.45) is 0 Å². The highest BCUT2D eigenvalue weighted by Gasteiger charge is 2.27. The maximum absolute atomic E-state index is 14.1. The molecule has 4 aromatic rings. The molecular formula is C27H29F2N3O3. The van der Waals surface area contributed by atoms with Gasteiger partial charge in [-0.3, -0.25) is 0 Å². The van der Waals surface area contributed by atoms with E-state index in [2.05, 4.69) is 21.9 Å². The maximum atomic E-state index is 14.1. The van der Waals surface area contributed by atoms with Gasteiger partial charge in [-0.1, -0.05) is 11.2 Å². The lowest BCUT2D eigenvalue weighted by atomic mass is 9.92. The monoisotopic (exact) mass is 481 g/mol. The van der Waals surface area contributed by atoms with Crippen LogP contribution in [0.1, 0.15) is 54.6 Å². The number of ether oxygens (including phenoxy) is 2. The Balaban J connectivity index is 1.62. The third kappa shape index (κ3) is 4.31. The SMILES string of the molecule is COc1cc(F)c(F)cc1Cc1nc2cc(-c3c(C)noc3C)ccc2n1C1CCC(OC)CC1. The molecule has 0 aliphatic heterocycles. The summed E-state index contributed by atoms with van der Waals surface area (Å²) in [5.41, 5.74) is 5.18. The number of halogens is 2. The summed E-state index contributed by atoms with van der Waals surface area (Å²) < 4.78 is 46.5. The van der Waals surface area contributed by atoms with E-state index in [4.69, 9.17) is 19.0 Å². The molecule has 0 saturated heterocycles. The number of nitrogens with zero attached hydrogens (tertiary/aromatic N) is 3. The van der Waals surface area contributed by atoms with Gasteiger partial charge in [0.15, 0.2) is 11.6 Å². The van der Waals surface area contributed by atoms with Crippen LogP contribution in [-0.4, -0.2) is 35.0 Å². The van der Waals surface area contributed by atoms with Crippen LogP contribution in [0, 0.1) is 25.5 Å². The van der Waals surface area contributed by atoms with Crippen molar-refractivity contribution in [3.63, 3.8) is 0 Å². The summed E-state index contributed by atoms with van der Waals surface area (Å²) in [5, 5.41) is 4.08. The highest BCUT2D eigenvalue weighted by atomic mass is 19.2. The Morgan fingerprint density at radius 2 is 1.77 bits per heavy atom. The number of rotatable bonds is 6. The molecule has 1 aliphatic rings. The highest BCUT2D eigenvalue weighted by molar-refractivity contribution is 5.84. The standard InChI is InChI=1S/C27H29F2N3O3/c1-15-27(16(2)35-31-15)17-5-10-24-23(12-17)30-26(32(24)19-6-8-20(33-3)9-7-19)13-18-11-21(28)22(29)14-25(18)34-4/h5,10-12,14,19-20H,6-9,13H2,1-4H3. The van der Waals surface area contributed by atoms with Crippen LogP contribution in [0.4, 0.5) is 8.78 Å². The molecule has 1 aliphatic carbocycles. The van der Waals surface area contributed by atoms with Crippen LogP contribution in [0.15, 0.2) is 34.9 Å². The molecule has 2 aromatic carbocycles. The molecule has 0 N–H and O–H groups in total. The van der Waals surface area contributed by atoms with E-state index in [1.807, 2.05) is 19.9 Å². The summed E-state index contributed by atoms with van der Waals surface area (Å²) in [6.07, 6.45) is 4.43. The summed E-state index contributed by atoms with van der Waals surface area (Å²) >= 11 is 0. The molecule has 2 aromatic heterocycles. The number of aryl methyl sites for hydroxylation is 2. The summed E-state index contributed by atoms with van der Waals surface area (Å²) in [6.45, 7) is 3.82. The summed E-state index contributed by atoms with van der Waals surface area (Å²) in [4.78, 5) is 4.99. The van der Waals surface area contributed by atoms with E-state index in [9.17, 15) is 8.78 Å². The molecule has 2 heterocycles. The van der Waals surface area contributed by atoms with Crippen molar-refractivity contribution in [2.75, 3.05) is 14.2 Å². The predicted octanol–water partition coefficient (Wildman–Crippen LogP) is 6.32. The lowest BCUT2D eigenvalue weighted by molar-refractivity contribution is 0.0586. The van der Waals surface area contributed by atoms with E-state index in [-0.39, 0.29) is 12.1 Å². The molecule has 35 heavy (non-hydrogen) atoms. The molecular weight excluding hydrogens is 452 g/mol. The number of benzene rings is 2. The van der Waals surface area contributed by atoms with Gasteiger partial charge in [-0.2, -0.15) is 0 Å². The highest BCUT2D eigenvalue weighted by Crippen LogP contribution is 2.37. The lowest BCUT2D eigenvalue weighted by Gasteiger charge is -2.30. The molecule has 0 spiro atoms. The summed E-state index contributed by atoms with van der Waals surface area (Å²) in [6, 6.07) is 8.73. The van der Waals surface area contributed by atoms with Crippen LogP contribution in [0.2, 0.25) is 0 Å². The Kier molecular flexibility index (Phi) is 6.32. The average molecular weight is 482 g/mol. The van der Waals surface area contributed by atoms with Crippen molar-refractivity contribution in [1.29, 1.82) is 0 Å². The Morgan fingerprint density at radius 3 is 2.43 bits per heavy atom. The molecule has 5 rings (SSSR count). The van der Waals surface area contributed by atoms with Gasteiger partial charge in [-0.25, -0.2) is 13.8 Å². The molecule has 184 valence electrons. The van der Waals surface area contributed by atoms with Crippen molar-refractivity contribution in [3.8, 4) is 16.9 Å². The van der Waals surface area contributed by atoms with Crippen molar-refractivity contribution in [3.05, 3.63) is 64.8 Å². The molecule has 0 unspecified atom stereocenters. The molecule has 0 atom stereocenters. The van der Waals surface area contributed by atoms with Gasteiger partial charge < -0.3 is 18.6 Å². The van der Waals surface area contributed by atoms with E-state index in [1.165, 1.54) is 13.2 Å². The third-order valence-electron chi connectivity index (χ3n) is 7.10. The van der Waals surface area contributed by atoms with E-state index in [0.717, 1.165) is 71.2 Å². The minimum absolute atomic E-state index is 0.239. The van der Waals surface area contributed by atoms with Crippen molar-refractivity contribution < 1.29 is 22.8 Å². The maximum Gasteiger partial charge on any atom is 0.162 e. The van der Waals surface area contributed by atoms with Gasteiger partial charge >= 0.3 is 0 Å². The van der Waals surface area contributed by atoms with Gasteiger partial charge in [0.05, 0.1) is 29.9 Å². The number of hydrogen-bond acceptors (Lipinski definition) is 5. The second-order valence-corrected chi connectivity index (χ2v) is 9.22. The van der Waals surface area contributed by atoms with Crippen LogP contribution in [0.3, 0.4) is 0 Å². The Morgan fingerprint density at radius 1 is 1.03 bits per heavy atom. The summed E-state index contributed by atoms with van der Waals surface area (Å²) in [5.74, 6) is 0.0277. The fourth-order valence-electron chi connectivity index (χ4n) is 5.34. The van der Waals surface area contributed by atoms with Crippen LogP contribution >= 0.6 is 0 Å². The van der Waals surface area contributed by atoms with E-state index >= 15 is 0 Å². The van der Waals surface area contributed by atoms with Crippen LogP contribution in [0.25, 0.3) is 22.2 Å². The van der Waals surface area contributed by atoms with Crippen molar-refractivity contribution in [2.45, 2.75) is 58.1 Å². The third-order valence-corrected chi connectivity index (χ3v) is 7.10. The zero-order chi connectivity index (χ0) is 24.7. The first kappa shape index (κ1) is 23.5. The topological polar surface area (TPSA) is 62.3 Å². The van der Waals surface area contributed by atoms with E-state index in [0.29, 0.717) is 17.7 Å². The Labute approximate surface area is 202 Å². The van der Waals surface area contributed by atoms with Crippen LogP contribution in [-0.2, 0) is 11.2 Å². The van der Waals surface area contributed by atoms with Gasteiger partial charge in [0.1, 0.15) is 17.3 Å². The Bertz CT molecular complexity index is 1350. The smallest absolute Gasteiger partial charge is 0.162 e. The number of methoxy groups -OCH3 is 2. The number of aromatic nitrogens is 3. The van der Waals surface area contributed by atoms with Crippen LogP contribution in [0.5, 0.6) is 5.75 Å². The molecule has 0 amide bonds. The fourth-order valence-corrected chi connectivity index (χ4v) is 5.34. The van der Waals surface area contributed by atoms with Crippen molar-refractivity contribution >= 4 is 11.0 Å². The van der Waals surface area contributed by atoms with Gasteiger partial charge in [0.25, 0.3) is 0 Å². The molecule has 1 saturated carbocycles. The van der Waals surface area contributed by atoms with Gasteiger partial charge in [0, 0.05) is 36.8 Å². The van der Waals surface area contributed by atoms with Gasteiger partial charge in [-0.15, -0.1) is 0 Å². The molecule has 0 radical (unpaired) electrons. The van der Waals surface area contributed by atoms with Gasteiger partial charge in [0.2, 0.25) is 0 Å². The molecule has 1 fully saturated rings. The lowest BCUT2D eigenvalue weighted by Crippen LogP contribution is -2.24. The zero-order valence-electron chi connectivity index (χ0n) is 20.4. The van der Waals surface area contributed by atoms with E-state index < -0.39 is 11.6 Å². The normalized spacial score (nSPS) is 18.3. The minimum atomic E-state index is -0.930. The largest absolute Gasteiger partial charge is 0.496 e.